The molecule has 0 aliphatic carbocycles. The number of carboxylic acid groups (broad SMARTS) is 2. The number of aliphatic carboxylic acids is 2. The van der Waals surface area contributed by atoms with E-state index in [4.69, 9.17) is 22.3 Å². The first-order valence-corrected chi connectivity index (χ1v) is 12.4. The Labute approximate surface area is 207 Å². The second-order valence-corrected chi connectivity index (χ2v) is 8.78. The predicted molar refractivity (Wildman–Crippen MR) is 128 cm³/mol. The zero-order valence-electron chi connectivity index (χ0n) is 19.7. The number of unbranched alkanes of at least 4 members (excludes halogenated alkanes) is 1. The maximum atomic E-state index is 12.9. The maximum absolute atomic E-state index is 12.9. The monoisotopic (exact) mass is 520 g/mol. The summed E-state index contributed by atoms with van der Waals surface area (Å²) in [6.07, 6.45) is 2.05. The molecule has 0 rings (SSSR count). The smallest absolute Gasteiger partial charge is 0.326 e. The van der Waals surface area contributed by atoms with Crippen LogP contribution in [0, 0.1) is 0 Å². The van der Waals surface area contributed by atoms with Gasteiger partial charge in [0.05, 0.1) is 12.5 Å². The molecule has 0 bridgehead atoms. The quantitative estimate of drug-likeness (QED) is 0.0824. The number of thioether (sulfide) groups is 1. The standard InChI is InChI=1S/C20H36N6O8S/c1-35-9-7-13(19(32)26-14(20(33)34)10-15(23)27)25-18(31)12(5-6-16(28)29)24-17(30)11(22)4-2-3-8-21/h11-14H,2-10,21-22H2,1H3,(H2,23,27)(H,24,30)(H,25,31)(H,26,32)(H,28,29)(H,33,34). The van der Waals surface area contributed by atoms with Crippen molar-refractivity contribution in [3.8, 4) is 0 Å². The fourth-order valence-electron chi connectivity index (χ4n) is 2.91. The molecule has 0 aromatic rings. The summed E-state index contributed by atoms with van der Waals surface area (Å²) in [6, 6.07) is -5.05. The van der Waals surface area contributed by atoms with Crippen LogP contribution in [0.25, 0.3) is 0 Å². The Morgan fingerprint density at radius 2 is 1.37 bits per heavy atom. The number of carbonyl (C=O) groups is 6. The minimum Gasteiger partial charge on any atom is -0.481 e. The number of carboxylic acids is 2. The van der Waals surface area contributed by atoms with Gasteiger partial charge in [0.15, 0.2) is 0 Å². The molecule has 0 saturated heterocycles. The second-order valence-electron chi connectivity index (χ2n) is 7.80. The van der Waals surface area contributed by atoms with Gasteiger partial charge in [0.1, 0.15) is 18.1 Å². The molecule has 0 aliphatic heterocycles. The zero-order valence-corrected chi connectivity index (χ0v) is 20.5. The first-order chi connectivity index (χ1) is 16.4. The molecule has 0 fully saturated rings. The van der Waals surface area contributed by atoms with Crippen molar-refractivity contribution in [1.29, 1.82) is 0 Å². The highest BCUT2D eigenvalue weighted by molar-refractivity contribution is 7.98. The van der Waals surface area contributed by atoms with E-state index in [-0.39, 0.29) is 12.8 Å². The van der Waals surface area contributed by atoms with Gasteiger partial charge in [-0.25, -0.2) is 4.79 Å². The SMILES string of the molecule is CSCCC(NC(=O)C(CCC(=O)O)NC(=O)C(N)CCCCN)C(=O)NC(CC(N)=O)C(=O)O. The van der Waals surface area contributed by atoms with Crippen molar-refractivity contribution in [3.05, 3.63) is 0 Å². The normalized spacial score (nSPS) is 14.1. The first kappa shape index (κ1) is 32.1. The number of hydrogen-bond donors (Lipinski definition) is 8. The van der Waals surface area contributed by atoms with Crippen LogP contribution in [0.4, 0.5) is 0 Å². The number of primary amides is 1. The summed E-state index contributed by atoms with van der Waals surface area (Å²) in [5, 5.41) is 25.2. The van der Waals surface area contributed by atoms with Crippen molar-refractivity contribution >= 4 is 47.3 Å². The van der Waals surface area contributed by atoms with Gasteiger partial charge in [0, 0.05) is 6.42 Å². The van der Waals surface area contributed by atoms with Gasteiger partial charge in [-0.3, -0.25) is 24.0 Å². The van der Waals surface area contributed by atoms with Gasteiger partial charge in [0.25, 0.3) is 0 Å². The molecule has 0 aromatic heterocycles. The summed E-state index contributed by atoms with van der Waals surface area (Å²) in [5.41, 5.74) is 16.3. The molecule has 35 heavy (non-hydrogen) atoms. The summed E-state index contributed by atoms with van der Waals surface area (Å²) in [5.74, 6) is -5.59. The molecule has 4 unspecified atom stereocenters. The van der Waals surface area contributed by atoms with E-state index in [1.807, 2.05) is 0 Å². The van der Waals surface area contributed by atoms with Crippen molar-refractivity contribution < 1.29 is 39.0 Å². The van der Waals surface area contributed by atoms with E-state index in [1.165, 1.54) is 11.8 Å². The summed E-state index contributed by atoms with van der Waals surface area (Å²) < 4.78 is 0. The van der Waals surface area contributed by atoms with E-state index in [2.05, 4.69) is 16.0 Å². The second kappa shape index (κ2) is 17.5. The van der Waals surface area contributed by atoms with Crippen molar-refractivity contribution in [3.63, 3.8) is 0 Å². The predicted octanol–water partition coefficient (Wildman–Crippen LogP) is -2.52. The summed E-state index contributed by atoms with van der Waals surface area (Å²) in [6.45, 7) is 0.430. The topological polar surface area (TPSA) is 257 Å². The Bertz CT molecular complexity index is 753. The molecule has 14 nitrogen and oxygen atoms in total. The molecule has 0 aliphatic rings. The molecule has 11 N–H and O–H groups in total. The Morgan fingerprint density at radius 3 is 1.86 bits per heavy atom. The van der Waals surface area contributed by atoms with Gasteiger partial charge < -0.3 is 43.4 Å². The Balaban J connectivity index is 5.47. The molecule has 0 aromatic carbocycles. The number of nitrogens with one attached hydrogen (secondary N) is 3. The van der Waals surface area contributed by atoms with E-state index in [0.717, 1.165) is 0 Å². The van der Waals surface area contributed by atoms with Gasteiger partial charge >= 0.3 is 11.9 Å². The first-order valence-electron chi connectivity index (χ1n) is 11.0. The number of rotatable bonds is 19. The van der Waals surface area contributed by atoms with Gasteiger partial charge in [0.2, 0.25) is 23.6 Å². The van der Waals surface area contributed by atoms with E-state index >= 15 is 0 Å². The van der Waals surface area contributed by atoms with Gasteiger partial charge in [-0.2, -0.15) is 11.8 Å². The van der Waals surface area contributed by atoms with Gasteiger partial charge in [-0.15, -0.1) is 0 Å². The molecular formula is C20H36N6O8S. The average molecular weight is 521 g/mol. The van der Waals surface area contributed by atoms with Crippen molar-refractivity contribution in [2.75, 3.05) is 18.6 Å². The average Bonchev–Trinajstić information content (AvgIpc) is 2.77. The largest absolute Gasteiger partial charge is 0.481 e. The minimum atomic E-state index is -1.59. The molecule has 4 amide bonds. The maximum Gasteiger partial charge on any atom is 0.326 e. The van der Waals surface area contributed by atoms with Crippen molar-refractivity contribution in [2.24, 2.45) is 17.2 Å². The molecule has 0 radical (unpaired) electrons. The lowest BCUT2D eigenvalue weighted by atomic mass is 10.1. The zero-order chi connectivity index (χ0) is 27.0. The summed E-state index contributed by atoms with van der Waals surface area (Å²) in [7, 11) is 0. The third kappa shape index (κ3) is 14.2. The molecular weight excluding hydrogens is 484 g/mol. The fourth-order valence-corrected chi connectivity index (χ4v) is 3.38. The van der Waals surface area contributed by atoms with Crippen LogP contribution < -0.4 is 33.2 Å². The number of amides is 4. The van der Waals surface area contributed by atoms with E-state index < -0.39 is 72.6 Å². The Morgan fingerprint density at radius 1 is 0.829 bits per heavy atom. The van der Waals surface area contributed by atoms with Crippen LogP contribution in [0.15, 0.2) is 0 Å². The van der Waals surface area contributed by atoms with E-state index in [9.17, 15) is 33.9 Å². The lowest BCUT2D eigenvalue weighted by molar-refractivity contribution is -0.143. The summed E-state index contributed by atoms with van der Waals surface area (Å²) in [4.78, 5) is 71.5. The van der Waals surface area contributed by atoms with E-state index in [0.29, 0.717) is 31.6 Å². The molecule has 0 saturated carbocycles. The van der Waals surface area contributed by atoms with Crippen LogP contribution in [0.2, 0.25) is 0 Å². The Hall–Kier alpha value is -2.91. The number of nitrogens with two attached hydrogens (primary N) is 3. The molecule has 200 valence electrons. The third-order valence-corrected chi connectivity index (χ3v) is 5.49. The van der Waals surface area contributed by atoms with Gasteiger partial charge in [-0.05, 0) is 44.2 Å². The summed E-state index contributed by atoms with van der Waals surface area (Å²) >= 11 is 1.36. The van der Waals surface area contributed by atoms with Crippen LogP contribution in [0.3, 0.4) is 0 Å². The third-order valence-electron chi connectivity index (χ3n) is 4.85. The van der Waals surface area contributed by atoms with Crippen LogP contribution >= 0.6 is 11.8 Å². The lowest BCUT2D eigenvalue weighted by Crippen LogP contribution is -2.57. The molecule has 4 atom stereocenters. The Kier molecular flexibility index (Phi) is 16.1. The van der Waals surface area contributed by atoms with Crippen LogP contribution in [0.1, 0.15) is 44.9 Å². The minimum absolute atomic E-state index is 0.0971. The molecule has 15 heteroatoms. The highest BCUT2D eigenvalue weighted by Gasteiger charge is 2.31. The number of hydrogen-bond acceptors (Lipinski definition) is 9. The highest BCUT2D eigenvalue weighted by atomic mass is 32.2. The number of carbonyl (C=O) groups excluding carboxylic acids is 4. The van der Waals surface area contributed by atoms with Crippen LogP contribution in [-0.2, 0) is 28.8 Å². The van der Waals surface area contributed by atoms with E-state index in [1.54, 1.807) is 6.26 Å². The fraction of sp³-hybridized carbons (Fsp3) is 0.700. The molecule has 0 spiro atoms. The van der Waals surface area contributed by atoms with Crippen LogP contribution in [-0.4, -0.2) is 88.5 Å². The highest BCUT2D eigenvalue weighted by Crippen LogP contribution is 2.06. The lowest BCUT2D eigenvalue weighted by Gasteiger charge is -2.25. The van der Waals surface area contributed by atoms with Crippen LogP contribution in [0.5, 0.6) is 0 Å². The van der Waals surface area contributed by atoms with Crippen molar-refractivity contribution in [2.45, 2.75) is 69.1 Å². The van der Waals surface area contributed by atoms with Crippen molar-refractivity contribution in [1.82, 2.24) is 16.0 Å². The molecule has 0 heterocycles. The van der Waals surface area contributed by atoms with Gasteiger partial charge in [-0.1, -0.05) is 6.42 Å².